The van der Waals surface area contributed by atoms with Crippen LogP contribution in [0.15, 0.2) is 53.6 Å². The number of hydrogen-bond donors (Lipinski definition) is 2. The van der Waals surface area contributed by atoms with Gasteiger partial charge < -0.3 is 5.11 Å². The highest BCUT2D eigenvalue weighted by atomic mass is 32.2. The molecule has 3 rings (SSSR count). The van der Waals surface area contributed by atoms with Gasteiger partial charge in [0.15, 0.2) is 5.65 Å². The second kappa shape index (κ2) is 6.38. The van der Waals surface area contributed by atoms with Gasteiger partial charge in [0, 0.05) is 19.2 Å². The molecule has 24 heavy (non-hydrogen) atoms. The molecule has 0 saturated heterocycles. The third-order valence-corrected chi connectivity index (χ3v) is 4.88. The van der Waals surface area contributed by atoms with Crippen LogP contribution in [0.2, 0.25) is 0 Å². The number of nitrogens with one attached hydrogen (secondary N) is 1. The number of carboxylic acid groups (broad SMARTS) is 1. The quantitative estimate of drug-likeness (QED) is 0.687. The molecule has 0 unspecified atom stereocenters. The monoisotopic (exact) mass is 346 g/mol. The van der Waals surface area contributed by atoms with Crippen LogP contribution in [0.5, 0.6) is 0 Å². The van der Waals surface area contributed by atoms with Crippen LogP contribution in [0, 0.1) is 0 Å². The van der Waals surface area contributed by atoms with Crippen molar-refractivity contribution in [1.29, 1.82) is 0 Å². The van der Waals surface area contributed by atoms with Gasteiger partial charge in [0.05, 0.1) is 10.5 Å². The van der Waals surface area contributed by atoms with Crippen molar-refractivity contribution in [1.82, 2.24) is 19.3 Å². The van der Waals surface area contributed by atoms with Gasteiger partial charge in [0.2, 0.25) is 10.0 Å². The Labute approximate surface area is 137 Å². The fourth-order valence-corrected chi connectivity index (χ4v) is 3.32. The maximum absolute atomic E-state index is 12.3. The molecular weight excluding hydrogens is 332 g/mol. The maximum atomic E-state index is 12.3. The number of aromatic carboxylic acids is 1. The van der Waals surface area contributed by atoms with Gasteiger partial charge >= 0.3 is 5.97 Å². The first-order chi connectivity index (χ1) is 11.5. The first-order valence-electron chi connectivity index (χ1n) is 7.09. The molecular formula is C15H14N4O4S. The van der Waals surface area contributed by atoms with Gasteiger partial charge in [-0.05, 0) is 30.3 Å². The minimum Gasteiger partial charge on any atom is -0.478 e. The van der Waals surface area contributed by atoms with Crippen LogP contribution in [0.4, 0.5) is 0 Å². The minimum atomic E-state index is -3.79. The van der Waals surface area contributed by atoms with E-state index in [0.29, 0.717) is 17.9 Å². The van der Waals surface area contributed by atoms with Gasteiger partial charge in [0.1, 0.15) is 5.82 Å². The topological polar surface area (TPSA) is 114 Å². The molecule has 0 aliphatic heterocycles. The molecule has 0 fully saturated rings. The van der Waals surface area contributed by atoms with E-state index in [1.165, 1.54) is 18.2 Å². The number of pyridine rings is 1. The van der Waals surface area contributed by atoms with Crippen LogP contribution < -0.4 is 4.72 Å². The van der Waals surface area contributed by atoms with Crippen molar-refractivity contribution in [2.45, 2.75) is 11.3 Å². The molecule has 9 heteroatoms. The number of rotatable bonds is 6. The molecule has 0 spiro atoms. The average molecular weight is 346 g/mol. The molecule has 0 aliphatic carbocycles. The largest absolute Gasteiger partial charge is 0.478 e. The Morgan fingerprint density at radius 2 is 2.00 bits per heavy atom. The van der Waals surface area contributed by atoms with Crippen LogP contribution >= 0.6 is 0 Å². The number of benzene rings is 1. The van der Waals surface area contributed by atoms with E-state index in [1.807, 2.05) is 12.1 Å². The van der Waals surface area contributed by atoms with Gasteiger partial charge in [-0.1, -0.05) is 12.1 Å². The van der Waals surface area contributed by atoms with E-state index in [9.17, 15) is 13.2 Å². The zero-order chi connectivity index (χ0) is 17.2. The summed E-state index contributed by atoms with van der Waals surface area (Å²) in [5.74, 6) is -0.547. The minimum absolute atomic E-state index is 0.0821. The van der Waals surface area contributed by atoms with Crippen LogP contribution in [0.25, 0.3) is 5.65 Å². The predicted molar refractivity (Wildman–Crippen MR) is 85.3 cm³/mol. The summed E-state index contributed by atoms with van der Waals surface area (Å²) in [6, 6.07) is 10.7. The molecule has 124 valence electrons. The van der Waals surface area contributed by atoms with Crippen LogP contribution in [-0.2, 0) is 16.4 Å². The van der Waals surface area contributed by atoms with E-state index in [-0.39, 0.29) is 17.0 Å². The highest BCUT2D eigenvalue weighted by Crippen LogP contribution is 2.11. The summed E-state index contributed by atoms with van der Waals surface area (Å²) in [5, 5.41) is 17.0. The van der Waals surface area contributed by atoms with Gasteiger partial charge in [-0.2, -0.15) is 0 Å². The van der Waals surface area contributed by atoms with Gasteiger partial charge in [-0.3, -0.25) is 4.40 Å². The molecule has 0 saturated carbocycles. The first-order valence-corrected chi connectivity index (χ1v) is 8.57. The Morgan fingerprint density at radius 1 is 1.17 bits per heavy atom. The Hall–Kier alpha value is -2.78. The number of carboxylic acids is 1. The fourth-order valence-electron chi connectivity index (χ4n) is 2.24. The summed E-state index contributed by atoms with van der Waals surface area (Å²) >= 11 is 0. The predicted octanol–water partition coefficient (Wildman–Crippen LogP) is 0.948. The summed E-state index contributed by atoms with van der Waals surface area (Å²) in [6.45, 7) is 0.120. The SMILES string of the molecule is O=C(O)c1cccc(S(=O)(=O)NCCc2nnc3ccccn23)c1. The molecule has 2 N–H and O–H groups in total. The Bertz CT molecular complexity index is 997. The normalized spacial score (nSPS) is 11.7. The number of aromatic nitrogens is 3. The third-order valence-electron chi connectivity index (χ3n) is 3.42. The molecule has 2 aromatic heterocycles. The van der Waals surface area contributed by atoms with Crippen molar-refractivity contribution < 1.29 is 18.3 Å². The molecule has 0 radical (unpaired) electrons. The van der Waals surface area contributed by atoms with E-state index in [2.05, 4.69) is 14.9 Å². The van der Waals surface area contributed by atoms with E-state index < -0.39 is 16.0 Å². The molecule has 0 atom stereocenters. The lowest BCUT2D eigenvalue weighted by Crippen LogP contribution is -2.26. The Balaban J connectivity index is 1.71. The Morgan fingerprint density at radius 3 is 2.79 bits per heavy atom. The highest BCUT2D eigenvalue weighted by molar-refractivity contribution is 7.89. The lowest BCUT2D eigenvalue weighted by Gasteiger charge is -2.07. The van der Waals surface area contributed by atoms with Gasteiger partial charge in [0.25, 0.3) is 0 Å². The zero-order valence-electron chi connectivity index (χ0n) is 12.5. The molecule has 2 heterocycles. The van der Waals surface area contributed by atoms with Crippen molar-refractivity contribution in [3.63, 3.8) is 0 Å². The number of hydrogen-bond acceptors (Lipinski definition) is 5. The number of carbonyl (C=O) groups is 1. The Kier molecular flexibility index (Phi) is 4.28. The van der Waals surface area contributed by atoms with Crippen molar-refractivity contribution in [2.75, 3.05) is 6.54 Å². The molecule has 8 nitrogen and oxygen atoms in total. The van der Waals surface area contributed by atoms with Crippen molar-refractivity contribution in [3.05, 3.63) is 60.0 Å². The highest BCUT2D eigenvalue weighted by Gasteiger charge is 2.16. The molecule has 1 aromatic carbocycles. The summed E-state index contributed by atoms with van der Waals surface area (Å²) in [4.78, 5) is 10.9. The summed E-state index contributed by atoms with van der Waals surface area (Å²) in [6.07, 6.45) is 2.15. The molecule has 0 aliphatic rings. The van der Waals surface area contributed by atoms with Gasteiger partial charge in [-0.25, -0.2) is 17.9 Å². The van der Waals surface area contributed by atoms with Crippen molar-refractivity contribution >= 4 is 21.6 Å². The van der Waals surface area contributed by atoms with Gasteiger partial charge in [-0.15, -0.1) is 10.2 Å². The zero-order valence-corrected chi connectivity index (χ0v) is 13.3. The van der Waals surface area contributed by atoms with Crippen molar-refractivity contribution in [3.8, 4) is 0 Å². The fraction of sp³-hybridized carbons (Fsp3) is 0.133. The maximum Gasteiger partial charge on any atom is 0.335 e. The standard InChI is InChI=1S/C15H14N4O4S/c20-15(21)11-4-3-5-12(10-11)24(22,23)16-8-7-14-18-17-13-6-1-2-9-19(13)14/h1-6,9-10,16H,7-8H2,(H,20,21). The third kappa shape index (κ3) is 3.26. The average Bonchev–Trinajstić information content (AvgIpc) is 2.98. The molecule has 0 amide bonds. The molecule has 0 bridgehead atoms. The van der Waals surface area contributed by atoms with E-state index >= 15 is 0 Å². The van der Waals surface area contributed by atoms with Crippen LogP contribution in [-0.4, -0.2) is 40.6 Å². The lowest BCUT2D eigenvalue weighted by atomic mass is 10.2. The number of sulfonamides is 1. The van der Waals surface area contributed by atoms with Crippen LogP contribution in [0.1, 0.15) is 16.2 Å². The number of nitrogens with zero attached hydrogens (tertiary/aromatic N) is 3. The second-order valence-electron chi connectivity index (χ2n) is 5.03. The smallest absolute Gasteiger partial charge is 0.335 e. The van der Waals surface area contributed by atoms with Crippen molar-refractivity contribution in [2.24, 2.45) is 0 Å². The summed E-state index contributed by atoms with van der Waals surface area (Å²) < 4.78 is 28.7. The van der Waals surface area contributed by atoms with E-state index in [0.717, 1.165) is 6.07 Å². The van der Waals surface area contributed by atoms with Crippen LogP contribution in [0.3, 0.4) is 0 Å². The lowest BCUT2D eigenvalue weighted by molar-refractivity contribution is 0.0696. The first kappa shape index (κ1) is 16.1. The van der Waals surface area contributed by atoms with E-state index in [1.54, 1.807) is 16.7 Å². The van der Waals surface area contributed by atoms with E-state index in [4.69, 9.17) is 5.11 Å². The number of fused-ring (bicyclic) bond motifs is 1. The summed E-state index contributed by atoms with van der Waals surface area (Å²) in [7, 11) is -3.79. The second-order valence-corrected chi connectivity index (χ2v) is 6.79. The summed E-state index contributed by atoms with van der Waals surface area (Å²) in [5.41, 5.74) is 0.603. The molecule has 3 aromatic rings.